The van der Waals surface area contributed by atoms with Crippen molar-refractivity contribution in [2.45, 2.75) is 24.9 Å². The van der Waals surface area contributed by atoms with Gasteiger partial charge in [-0.05, 0) is 38.6 Å². The Kier molecular flexibility index (Phi) is 4.74. The smallest absolute Gasteiger partial charge is 0.126 e. The Morgan fingerprint density at radius 1 is 1.42 bits per heavy atom. The number of hydrogen-bond donors (Lipinski definition) is 2. The maximum Gasteiger partial charge on any atom is 0.126 e. The molecule has 0 amide bonds. The molecule has 0 saturated carbocycles. The van der Waals surface area contributed by atoms with Crippen LogP contribution in [-0.2, 0) is 6.42 Å². The van der Waals surface area contributed by atoms with Crippen LogP contribution in [-0.4, -0.2) is 60.6 Å². The van der Waals surface area contributed by atoms with Gasteiger partial charge in [-0.3, -0.25) is 0 Å². The van der Waals surface area contributed by atoms with Crippen molar-refractivity contribution in [1.82, 2.24) is 14.8 Å². The summed E-state index contributed by atoms with van der Waals surface area (Å²) in [7, 11) is 4.35. The molecule has 0 aliphatic carbocycles. The van der Waals surface area contributed by atoms with Crippen LogP contribution in [0.1, 0.15) is 12.0 Å². The van der Waals surface area contributed by atoms with Gasteiger partial charge in [0.15, 0.2) is 0 Å². The predicted octanol–water partition coefficient (Wildman–Crippen LogP) is 0.170. The van der Waals surface area contributed by atoms with Gasteiger partial charge in [0.25, 0.3) is 0 Å². The Labute approximate surface area is 115 Å². The molecular weight excluding hydrogens is 238 g/mol. The SMILES string of the molecule is CN1CCN(C)C(CC(N)Cc2cccnc2N)C1. The van der Waals surface area contributed by atoms with Crippen LogP contribution in [0.2, 0.25) is 0 Å². The maximum atomic E-state index is 6.28. The molecule has 106 valence electrons. The highest BCUT2D eigenvalue weighted by atomic mass is 15.3. The van der Waals surface area contributed by atoms with Crippen molar-refractivity contribution in [1.29, 1.82) is 0 Å². The van der Waals surface area contributed by atoms with Gasteiger partial charge in [0.05, 0.1) is 0 Å². The molecule has 1 fully saturated rings. The molecule has 1 aromatic rings. The third kappa shape index (κ3) is 3.89. The van der Waals surface area contributed by atoms with E-state index in [1.54, 1.807) is 6.20 Å². The number of nitrogen functional groups attached to an aromatic ring is 1. The Morgan fingerprint density at radius 3 is 2.95 bits per heavy atom. The number of likely N-dealkylation sites (N-methyl/N-ethyl adjacent to an activating group) is 2. The number of pyridine rings is 1. The van der Waals surface area contributed by atoms with E-state index in [0.29, 0.717) is 11.9 Å². The summed E-state index contributed by atoms with van der Waals surface area (Å²) < 4.78 is 0. The molecule has 2 heterocycles. The largest absolute Gasteiger partial charge is 0.383 e. The summed E-state index contributed by atoms with van der Waals surface area (Å²) in [4.78, 5) is 8.89. The first-order valence-electron chi connectivity index (χ1n) is 6.90. The molecule has 0 bridgehead atoms. The number of hydrogen-bond acceptors (Lipinski definition) is 5. The molecule has 19 heavy (non-hydrogen) atoms. The molecule has 1 aliphatic heterocycles. The summed E-state index contributed by atoms with van der Waals surface area (Å²) in [5, 5.41) is 0. The molecule has 2 rings (SSSR count). The Hall–Kier alpha value is -1.17. The molecule has 0 radical (unpaired) electrons. The molecule has 1 saturated heterocycles. The zero-order valence-corrected chi connectivity index (χ0v) is 11.9. The normalized spacial score (nSPS) is 23.4. The van der Waals surface area contributed by atoms with Crippen molar-refractivity contribution in [3.63, 3.8) is 0 Å². The van der Waals surface area contributed by atoms with Crippen molar-refractivity contribution >= 4 is 5.82 Å². The lowest BCUT2D eigenvalue weighted by Gasteiger charge is -2.38. The van der Waals surface area contributed by atoms with Crippen molar-refractivity contribution < 1.29 is 0 Å². The monoisotopic (exact) mass is 263 g/mol. The molecule has 1 aromatic heterocycles. The minimum absolute atomic E-state index is 0.130. The summed E-state index contributed by atoms with van der Waals surface area (Å²) >= 11 is 0. The van der Waals surface area contributed by atoms with E-state index in [2.05, 4.69) is 28.9 Å². The fraction of sp³-hybridized carbons (Fsp3) is 0.643. The Morgan fingerprint density at radius 2 is 2.21 bits per heavy atom. The molecule has 2 atom stereocenters. The standard InChI is InChI=1S/C14H25N5/c1-18-6-7-19(2)13(10-18)9-12(15)8-11-4-3-5-17-14(11)16/h3-5,12-13H,6-10,15H2,1-2H3,(H2,16,17). The molecule has 0 aromatic carbocycles. The summed E-state index contributed by atoms with van der Waals surface area (Å²) in [6.45, 7) is 3.34. The van der Waals surface area contributed by atoms with Crippen LogP contribution in [0.3, 0.4) is 0 Å². The fourth-order valence-electron chi connectivity index (χ4n) is 2.69. The summed E-state index contributed by atoms with van der Waals surface area (Å²) in [5.41, 5.74) is 13.2. The minimum atomic E-state index is 0.130. The summed E-state index contributed by atoms with van der Waals surface area (Å²) in [6, 6.07) is 4.59. The molecule has 2 unspecified atom stereocenters. The highest BCUT2D eigenvalue weighted by Gasteiger charge is 2.24. The lowest BCUT2D eigenvalue weighted by molar-refractivity contribution is 0.104. The van der Waals surface area contributed by atoms with E-state index >= 15 is 0 Å². The highest BCUT2D eigenvalue weighted by molar-refractivity contribution is 5.38. The summed E-state index contributed by atoms with van der Waals surface area (Å²) in [5.74, 6) is 0.604. The number of aromatic nitrogens is 1. The first kappa shape index (κ1) is 14.2. The van der Waals surface area contributed by atoms with E-state index in [4.69, 9.17) is 11.5 Å². The van der Waals surface area contributed by atoms with Gasteiger partial charge < -0.3 is 21.3 Å². The lowest BCUT2D eigenvalue weighted by atomic mass is 9.98. The Balaban J connectivity index is 1.90. The zero-order chi connectivity index (χ0) is 13.8. The van der Waals surface area contributed by atoms with Crippen molar-refractivity contribution in [3.05, 3.63) is 23.9 Å². The van der Waals surface area contributed by atoms with Gasteiger partial charge >= 0.3 is 0 Å². The van der Waals surface area contributed by atoms with E-state index < -0.39 is 0 Å². The third-order valence-corrected chi connectivity index (χ3v) is 3.96. The quantitative estimate of drug-likeness (QED) is 0.810. The second-order valence-electron chi connectivity index (χ2n) is 5.64. The van der Waals surface area contributed by atoms with Crippen LogP contribution in [0.4, 0.5) is 5.82 Å². The second-order valence-corrected chi connectivity index (χ2v) is 5.64. The van der Waals surface area contributed by atoms with Gasteiger partial charge in [0, 0.05) is 37.9 Å². The van der Waals surface area contributed by atoms with Crippen LogP contribution < -0.4 is 11.5 Å². The molecule has 1 aliphatic rings. The van der Waals surface area contributed by atoms with E-state index in [1.807, 2.05) is 12.1 Å². The van der Waals surface area contributed by atoms with Gasteiger partial charge in [-0.25, -0.2) is 4.98 Å². The average molecular weight is 263 g/mol. The van der Waals surface area contributed by atoms with Crippen molar-refractivity contribution in [2.24, 2.45) is 5.73 Å². The van der Waals surface area contributed by atoms with Crippen molar-refractivity contribution in [3.8, 4) is 0 Å². The van der Waals surface area contributed by atoms with Crippen LogP contribution in [0.5, 0.6) is 0 Å². The second kappa shape index (κ2) is 6.32. The van der Waals surface area contributed by atoms with Gasteiger partial charge in [0.2, 0.25) is 0 Å². The van der Waals surface area contributed by atoms with Gasteiger partial charge in [-0.1, -0.05) is 6.07 Å². The molecule has 4 N–H and O–H groups in total. The number of anilines is 1. The average Bonchev–Trinajstić information content (AvgIpc) is 2.37. The van der Waals surface area contributed by atoms with E-state index in [9.17, 15) is 0 Å². The topological polar surface area (TPSA) is 71.4 Å². The predicted molar refractivity (Wildman–Crippen MR) is 78.9 cm³/mol. The van der Waals surface area contributed by atoms with Gasteiger partial charge in [-0.2, -0.15) is 0 Å². The first-order valence-corrected chi connectivity index (χ1v) is 6.90. The lowest BCUT2D eigenvalue weighted by Crippen LogP contribution is -2.51. The van der Waals surface area contributed by atoms with Crippen LogP contribution >= 0.6 is 0 Å². The van der Waals surface area contributed by atoms with Crippen LogP contribution in [0, 0.1) is 0 Å². The van der Waals surface area contributed by atoms with E-state index in [-0.39, 0.29) is 6.04 Å². The third-order valence-electron chi connectivity index (χ3n) is 3.96. The van der Waals surface area contributed by atoms with Gasteiger partial charge in [-0.15, -0.1) is 0 Å². The molecular formula is C14H25N5. The van der Waals surface area contributed by atoms with Crippen LogP contribution in [0.15, 0.2) is 18.3 Å². The highest BCUT2D eigenvalue weighted by Crippen LogP contribution is 2.15. The fourth-order valence-corrected chi connectivity index (χ4v) is 2.69. The molecule has 5 heteroatoms. The number of rotatable bonds is 4. The van der Waals surface area contributed by atoms with Gasteiger partial charge in [0.1, 0.15) is 5.82 Å². The van der Waals surface area contributed by atoms with E-state index in [1.165, 1.54) is 0 Å². The summed E-state index contributed by atoms with van der Waals surface area (Å²) in [6.07, 6.45) is 3.51. The van der Waals surface area contributed by atoms with Crippen molar-refractivity contribution in [2.75, 3.05) is 39.5 Å². The number of nitrogens with zero attached hydrogens (tertiary/aromatic N) is 3. The first-order chi connectivity index (χ1) is 9.06. The van der Waals surface area contributed by atoms with E-state index in [0.717, 1.165) is 38.0 Å². The maximum absolute atomic E-state index is 6.28. The molecule has 5 nitrogen and oxygen atoms in total. The van der Waals surface area contributed by atoms with Crippen LogP contribution in [0.25, 0.3) is 0 Å². The minimum Gasteiger partial charge on any atom is -0.383 e. The zero-order valence-electron chi connectivity index (χ0n) is 11.9. The molecule has 0 spiro atoms. The number of piperazine rings is 1. The Bertz CT molecular complexity index is 409. The number of nitrogens with two attached hydrogens (primary N) is 2.